The maximum Gasteiger partial charge on any atom is 0.00490 e. The summed E-state index contributed by atoms with van der Waals surface area (Å²) in [5.41, 5.74) is 0. The number of hydrogen-bond acceptors (Lipinski definition) is 2. The molecule has 1 aliphatic rings. The van der Waals surface area contributed by atoms with E-state index in [0.29, 0.717) is 6.04 Å². The van der Waals surface area contributed by atoms with E-state index in [0.717, 1.165) is 12.0 Å². The van der Waals surface area contributed by atoms with Crippen molar-refractivity contribution in [2.45, 2.75) is 58.5 Å². The van der Waals surface area contributed by atoms with E-state index < -0.39 is 0 Å². The van der Waals surface area contributed by atoms with Gasteiger partial charge in [-0.15, -0.1) is 0 Å². The summed E-state index contributed by atoms with van der Waals surface area (Å²) in [6.07, 6.45) is 5.66. The molecule has 84 valence electrons. The molecule has 2 unspecified atom stereocenters. The van der Waals surface area contributed by atoms with Gasteiger partial charge in [-0.3, -0.25) is 0 Å². The number of hydrogen-bond donors (Lipinski definition) is 1. The van der Waals surface area contributed by atoms with Crippen molar-refractivity contribution < 1.29 is 0 Å². The molecular formula is C12H25NS. The molecule has 0 aromatic rings. The van der Waals surface area contributed by atoms with Crippen LogP contribution in [0.5, 0.6) is 0 Å². The van der Waals surface area contributed by atoms with Crippen LogP contribution in [0, 0.1) is 5.92 Å². The van der Waals surface area contributed by atoms with Crippen molar-refractivity contribution in [2.75, 3.05) is 11.5 Å². The first kappa shape index (κ1) is 12.4. The summed E-state index contributed by atoms with van der Waals surface area (Å²) >= 11 is 2.05. The van der Waals surface area contributed by atoms with Crippen LogP contribution in [-0.4, -0.2) is 23.6 Å². The molecule has 0 radical (unpaired) electrons. The third-order valence-corrected chi connectivity index (χ3v) is 3.78. The van der Waals surface area contributed by atoms with Crippen LogP contribution >= 0.6 is 11.8 Å². The van der Waals surface area contributed by atoms with E-state index in [1.165, 1.54) is 37.2 Å². The van der Waals surface area contributed by atoms with Crippen LogP contribution in [0.4, 0.5) is 0 Å². The average molecular weight is 215 g/mol. The third-order valence-electron chi connectivity index (χ3n) is 2.85. The smallest absolute Gasteiger partial charge is 0.00490 e. The SMILES string of the molecule is CCSCCC(C)NC(C)CC1CC1. The standard InChI is InChI=1S/C12H25NS/c1-4-14-8-7-10(2)13-11(3)9-12-5-6-12/h10-13H,4-9H2,1-3H3. The molecule has 1 nitrogen and oxygen atoms in total. The van der Waals surface area contributed by atoms with Crippen LogP contribution in [0.15, 0.2) is 0 Å². The normalized spacial score (nSPS) is 20.8. The Balaban J connectivity index is 1.96. The van der Waals surface area contributed by atoms with Gasteiger partial charge in [0.05, 0.1) is 0 Å². The lowest BCUT2D eigenvalue weighted by atomic mass is 10.1. The highest BCUT2D eigenvalue weighted by molar-refractivity contribution is 7.99. The molecule has 0 saturated heterocycles. The van der Waals surface area contributed by atoms with Gasteiger partial charge < -0.3 is 5.32 Å². The van der Waals surface area contributed by atoms with E-state index >= 15 is 0 Å². The lowest BCUT2D eigenvalue weighted by molar-refractivity contribution is 0.425. The predicted molar refractivity (Wildman–Crippen MR) is 67.0 cm³/mol. The first-order chi connectivity index (χ1) is 6.72. The van der Waals surface area contributed by atoms with Crippen LogP contribution in [0.25, 0.3) is 0 Å². The van der Waals surface area contributed by atoms with Crippen molar-refractivity contribution in [3.8, 4) is 0 Å². The average Bonchev–Trinajstić information content (AvgIpc) is 2.88. The van der Waals surface area contributed by atoms with Gasteiger partial charge in [-0.1, -0.05) is 19.8 Å². The summed E-state index contributed by atoms with van der Waals surface area (Å²) in [6.45, 7) is 6.89. The van der Waals surface area contributed by atoms with Gasteiger partial charge in [0.1, 0.15) is 0 Å². The summed E-state index contributed by atoms with van der Waals surface area (Å²) in [4.78, 5) is 0. The van der Waals surface area contributed by atoms with E-state index in [2.05, 4.69) is 26.1 Å². The molecule has 0 bridgehead atoms. The van der Waals surface area contributed by atoms with Gasteiger partial charge in [-0.2, -0.15) is 11.8 Å². The van der Waals surface area contributed by atoms with Crippen molar-refractivity contribution in [1.82, 2.24) is 5.32 Å². The molecule has 0 aliphatic heterocycles. The van der Waals surface area contributed by atoms with Crippen LogP contribution in [0.3, 0.4) is 0 Å². The molecule has 0 aromatic carbocycles. The minimum atomic E-state index is 0.697. The Morgan fingerprint density at radius 3 is 2.57 bits per heavy atom. The molecule has 1 fully saturated rings. The number of thioether (sulfide) groups is 1. The van der Waals surface area contributed by atoms with Gasteiger partial charge in [0.2, 0.25) is 0 Å². The molecule has 14 heavy (non-hydrogen) atoms. The zero-order valence-electron chi connectivity index (χ0n) is 9.88. The van der Waals surface area contributed by atoms with Crippen molar-refractivity contribution in [3.05, 3.63) is 0 Å². The Morgan fingerprint density at radius 2 is 2.00 bits per heavy atom. The van der Waals surface area contributed by atoms with E-state index in [-0.39, 0.29) is 0 Å². The van der Waals surface area contributed by atoms with Crippen LogP contribution in [0.1, 0.15) is 46.5 Å². The summed E-state index contributed by atoms with van der Waals surface area (Å²) < 4.78 is 0. The first-order valence-corrected chi connectivity index (χ1v) is 7.21. The summed E-state index contributed by atoms with van der Waals surface area (Å²) in [5.74, 6) is 3.61. The molecule has 0 amide bonds. The summed E-state index contributed by atoms with van der Waals surface area (Å²) in [7, 11) is 0. The number of rotatable bonds is 8. The second kappa shape index (κ2) is 6.73. The molecular weight excluding hydrogens is 190 g/mol. The Labute approximate surface area is 93.4 Å². The molecule has 2 atom stereocenters. The fraction of sp³-hybridized carbons (Fsp3) is 1.00. The molecule has 1 rings (SSSR count). The van der Waals surface area contributed by atoms with Crippen molar-refractivity contribution >= 4 is 11.8 Å². The van der Waals surface area contributed by atoms with Crippen LogP contribution in [0.2, 0.25) is 0 Å². The van der Waals surface area contributed by atoms with E-state index in [1.807, 2.05) is 11.8 Å². The molecule has 0 spiro atoms. The second-order valence-corrected chi connectivity index (χ2v) is 6.03. The quantitative estimate of drug-likeness (QED) is 0.624. The molecule has 1 N–H and O–H groups in total. The fourth-order valence-corrected chi connectivity index (χ4v) is 2.70. The number of nitrogens with one attached hydrogen (secondary N) is 1. The molecule has 0 aromatic heterocycles. The van der Waals surface area contributed by atoms with Gasteiger partial charge in [0.15, 0.2) is 0 Å². The minimum Gasteiger partial charge on any atom is -0.312 e. The Bertz CT molecular complexity index is 145. The van der Waals surface area contributed by atoms with Crippen molar-refractivity contribution in [3.63, 3.8) is 0 Å². The third kappa shape index (κ3) is 5.92. The van der Waals surface area contributed by atoms with Crippen LogP contribution in [-0.2, 0) is 0 Å². The van der Waals surface area contributed by atoms with Crippen molar-refractivity contribution in [1.29, 1.82) is 0 Å². The van der Waals surface area contributed by atoms with Crippen molar-refractivity contribution in [2.24, 2.45) is 5.92 Å². The Kier molecular flexibility index (Phi) is 5.95. The molecule has 0 heterocycles. The highest BCUT2D eigenvalue weighted by atomic mass is 32.2. The van der Waals surface area contributed by atoms with E-state index in [4.69, 9.17) is 0 Å². The topological polar surface area (TPSA) is 12.0 Å². The lowest BCUT2D eigenvalue weighted by Gasteiger charge is -2.19. The highest BCUT2D eigenvalue weighted by Crippen LogP contribution is 2.33. The second-order valence-electron chi connectivity index (χ2n) is 4.63. The predicted octanol–water partition coefficient (Wildman–Crippen LogP) is 3.30. The van der Waals surface area contributed by atoms with Gasteiger partial charge in [0.25, 0.3) is 0 Å². The zero-order valence-corrected chi connectivity index (χ0v) is 10.7. The monoisotopic (exact) mass is 215 g/mol. The maximum absolute atomic E-state index is 3.70. The maximum atomic E-state index is 3.70. The zero-order chi connectivity index (χ0) is 10.4. The fourth-order valence-electron chi connectivity index (χ4n) is 1.90. The van der Waals surface area contributed by atoms with Gasteiger partial charge in [-0.05, 0) is 44.1 Å². The van der Waals surface area contributed by atoms with Gasteiger partial charge in [0, 0.05) is 12.1 Å². The van der Waals surface area contributed by atoms with Gasteiger partial charge in [-0.25, -0.2) is 0 Å². The summed E-state index contributed by atoms with van der Waals surface area (Å²) in [6, 6.07) is 1.42. The minimum absolute atomic E-state index is 0.697. The Morgan fingerprint density at radius 1 is 1.29 bits per heavy atom. The van der Waals surface area contributed by atoms with E-state index in [1.54, 1.807) is 0 Å². The van der Waals surface area contributed by atoms with Gasteiger partial charge >= 0.3 is 0 Å². The first-order valence-electron chi connectivity index (χ1n) is 6.06. The largest absolute Gasteiger partial charge is 0.312 e. The molecule has 1 aliphatic carbocycles. The van der Waals surface area contributed by atoms with Crippen LogP contribution < -0.4 is 5.32 Å². The highest BCUT2D eigenvalue weighted by Gasteiger charge is 2.23. The summed E-state index contributed by atoms with van der Waals surface area (Å²) in [5, 5.41) is 3.70. The molecule has 1 saturated carbocycles. The van der Waals surface area contributed by atoms with E-state index in [9.17, 15) is 0 Å². The molecule has 2 heteroatoms. The lowest BCUT2D eigenvalue weighted by Crippen LogP contribution is -2.35. The Hall–Kier alpha value is 0.310.